The van der Waals surface area contributed by atoms with Gasteiger partial charge in [0.05, 0.1) is 13.6 Å². The normalized spacial score (nSPS) is 12.1. The Morgan fingerprint density at radius 1 is 0.365 bits per heavy atom. The second-order valence-electron chi connectivity index (χ2n) is 14.8. The summed E-state index contributed by atoms with van der Waals surface area (Å²) in [6.07, 6.45) is 0. The zero-order valence-corrected chi connectivity index (χ0v) is 30.4. The van der Waals surface area contributed by atoms with Crippen LogP contribution in [-0.2, 0) is 0 Å². The van der Waals surface area contributed by atoms with Crippen LogP contribution in [0.25, 0.3) is 99.2 Å². The van der Waals surface area contributed by atoms with Crippen LogP contribution in [0.15, 0.2) is 173 Å². The lowest BCUT2D eigenvalue weighted by molar-refractivity contribution is 0.627. The van der Waals surface area contributed by atoms with Crippen LogP contribution < -0.4 is 5.19 Å². The Morgan fingerprint density at radius 3 is 1.46 bits per heavy atom. The van der Waals surface area contributed by atoms with E-state index in [1.807, 2.05) is 12.1 Å². The van der Waals surface area contributed by atoms with Gasteiger partial charge >= 0.3 is 0 Å². The first-order valence-electron chi connectivity index (χ1n) is 18.0. The molecule has 0 radical (unpaired) electrons. The molecule has 10 rings (SSSR count). The summed E-state index contributed by atoms with van der Waals surface area (Å²) in [6, 6.07) is 58.9. The lowest BCUT2D eigenvalue weighted by Crippen LogP contribution is -2.38. The maximum atomic E-state index is 6.93. The van der Waals surface area contributed by atoms with Gasteiger partial charge in [0, 0.05) is 21.7 Å². The van der Waals surface area contributed by atoms with Crippen LogP contribution in [0.3, 0.4) is 0 Å². The van der Waals surface area contributed by atoms with E-state index in [2.05, 4.69) is 171 Å². The third-order valence-electron chi connectivity index (χ3n) is 10.6. The molecule has 0 N–H and O–H groups in total. The quantitative estimate of drug-likeness (QED) is 0.133. The summed E-state index contributed by atoms with van der Waals surface area (Å²) >= 11 is 0. The molecule has 0 aliphatic carbocycles. The molecule has 0 aliphatic rings. The molecular formula is C49H36O2Si. The summed E-state index contributed by atoms with van der Waals surface area (Å²) in [4.78, 5) is 0. The Hall–Kier alpha value is -6.16. The van der Waals surface area contributed by atoms with Crippen molar-refractivity contribution in [3.63, 3.8) is 0 Å². The summed E-state index contributed by atoms with van der Waals surface area (Å²) in [5.41, 5.74) is 10.8. The molecular weight excluding hydrogens is 649 g/mol. The van der Waals surface area contributed by atoms with Gasteiger partial charge < -0.3 is 8.83 Å². The van der Waals surface area contributed by atoms with Gasteiger partial charge in [0.15, 0.2) is 0 Å². The summed E-state index contributed by atoms with van der Waals surface area (Å²) in [7, 11) is -1.77. The van der Waals surface area contributed by atoms with Gasteiger partial charge in [0.25, 0.3) is 0 Å². The summed E-state index contributed by atoms with van der Waals surface area (Å²) in [5.74, 6) is 0.848. The molecule has 10 aromatic rings. The van der Waals surface area contributed by atoms with Crippen LogP contribution in [0.5, 0.6) is 0 Å². The number of hydrogen-bond donors (Lipinski definition) is 0. The standard InChI is InChI=1S/C49H36O2Si/c1-52(2,3)43-26-14-25-42-47(43)46(49(51-42)40-23-13-22-39-34-17-11-12-24-41(34)50-48(39)40)33-29-27-32(28-30-33)45-37-20-9-7-18-35(37)44(31-15-5-4-6-16-31)36-19-8-10-21-38(36)45/h4-30H,1-3H3. The van der Waals surface area contributed by atoms with Crippen molar-refractivity contribution in [1.82, 2.24) is 0 Å². The van der Waals surface area contributed by atoms with Gasteiger partial charge in [-0.05, 0) is 72.7 Å². The number of rotatable bonds is 5. The Kier molecular flexibility index (Phi) is 6.89. The fraction of sp³-hybridized carbons (Fsp3) is 0.0612. The van der Waals surface area contributed by atoms with E-state index in [1.165, 1.54) is 54.4 Å². The van der Waals surface area contributed by atoms with E-state index in [0.29, 0.717) is 0 Å². The highest BCUT2D eigenvalue weighted by atomic mass is 28.3. The Balaban J connectivity index is 1.22. The van der Waals surface area contributed by atoms with Crippen molar-refractivity contribution in [1.29, 1.82) is 0 Å². The van der Waals surface area contributed by atoms with E-state index in [0.717, 1.165) is 50.0 Å². The molecule has 0 amide bonds. The van der Waals surface area contributed by atoms with Gasteiger partial charge in [-0.3, -0.25) is 0 Å². The van der Waals surface area contributed by atoms with E-state index in [4.69, 9.17) is 8.83 Å². The molecule has 8 aromatic carbocycles. The SMILES string of the molecule is C[Si](C)(C)c1cccc2oc(-c3cccc4c3oc3ccccc34)c(-c3ccc(-c4c5ccccc5c(-c5ccccc5)c5ccccc45)cc3)c12. The number of fused-ring (bicyclic) bond motifs is 6. The molecule has 0 fully saturated rings. The minimum absolute atomic E-state index is 0.848. The van der Waals surface area contributed by atoms with Crippen LogP contribution in [0.2, 0.25) is 19.6 Å². The third kappa shape index (κ3) is 4.70. The van der Waals surface area contributed by atoms with Crippen LogP contribution in [0.4, 0.5) is 0 Å². The first kappa shape index (κ1) is 30.6. The lowest BCUT2D eigenvalue weighted by atomic mass is 9.85. The molecule has 0 spiro atoms. The van der Waals surface area contributed by atoms with Gasteiger partial charge in [0.1, 0.15) is 22.5 Å². The fourth-order valence-electron chi connectivity index (χ4n) is 8.32. The molecule has 0 saturated carbocycles. The number of furan rings is 2. The van der Waals surface area contributed by atoms with Crippen molar-refractivity contribution in [2.45, 2.75) is 19.6 Å². The first-order valence-corrected chi connectivity index (χ1v) is 21.5. The second kappa shape index (κ2) is 11.7. The summed E-state index contributed by atoms with van der Waals surface area (Å²) in [6.45, 7) is 7.24. The van der Waals surface area contributed by atoms with Crippen molar-refractivity contribution in [3.05, 3.63) is 164 Å². The maximum Gasteiger partial charge on any atom is 0.147 e. The molecule has 0 saturated heterocycles. The van der Waals surface area contributed by atoms with Crippen LogP contribution in [-0.4, -0.2) is 8.07 Å². The van der Waals surface area contributed by atoms with Gasteiger partial charge in [-0.25, -0.2) is 0 Å². The molecule has 0 unspecified atom stereocenters. The smallest absolute Gasteiger partial charge is 0.147 e. The summed E-state index contributed by atoms with van der Waals surface area (Å²) < 4.78 is 13.5. The minimum atomic E-state index is -1.77. The number of hydrogen-bond acceptors (Lipinski definition) is 2. The van der Waals surface area contributed by atoms with Gasteiger partial charge in [-0.1, -0.05) is 165 Å². The maximum absolute atomic E-state index is 6.93. The van der Waals surface area contributed by atoms with Gasteiger partial charge in [0.2, 0.25) is 0 Å². The minimum Gasteiger partial charge on any atom is -0.455 e. The molecule has 0 bridgehead atoms. The molecule has 2 aromatic heterocycles. The zero-order chi connectivity index (χ0) is 35.0. The first-order chi connectivity index (χ1) is 25.5. The second-order valence-corrected chi connectivity index (χ2v) is 19.8. The average Bonchev–Trinajstić information content (AvgIpc) is 3.76. The van der Waals surface area contributed by atoms with Crippen molar-refractivity contribution in [3.8, 4) is 44.7 Å². The Bertz CT molecular complexity index is 2920. The van der Waals surface area contributed by atoms with E-state index in [9.17, 15) is 0 Å². The molecule has 0 aliphatic heterocycles. The predicted molar refractivity (Wildman–Crippen MR) is 223 cm³/mol. The molecule has 248 valence electrons. The van der Waals surface area contributed by atoms with E-state index < -0.39 is 8.07 Å². The highest BCUT2D eigenvalue weighted by molar-refractivity contribution is 6.90. The van der Waals surface area contributed by atoms with Crippen molar-refractivity contribution >= 4 is 67.7 Å². The van der Waals surface area contributed by atoms with E-state index >= 15 is 0 Å². The molecule has 3 heteroatoms. The number of benzene rings is 8. The van der Waals surface area contributed by atoms with E-state index in [-0.39, 0.29) is 0 Å². The fourth-order valence-corrected chi connectivity index (χ4v) is 9.92. The topological polar surface area (TPSA) is 26.3 Å². The van der Waals surface area contributed by atoms with Crippen LogP contribution in [0.1, 0.15) is 0 Å². The monoisotopic (exact) mass is 684 g/mol. The van der Waals surface area contributed by atoms with Crippen molar-refractivity contribution in [2.24, 2.45) is 0 Å². The van der Waals surface area contributed by atoms with Crippen molar-refractivity contribution in [2.75, 3.05) is 0 Å². The van der Waals surface area contributed by atoms with Gasteiger partial charge in [-0.15, -0.1) is 0 Å². The van der Waals surface area contributed by atoms with Gasteiger partial charge in [-0.2, -0.15) is 0 Å². The predicted octanol–water partition coefficient (Wildman–Crippen LogP) is 13.9. The third-order valence-corrected chi connectivity index (χ3v) is 12.7. The summed E-state index contributed by atoms with van der Waals surface area (Å²) in [5, 5.41) is 9.83. The highest BCUT2D eigenvalue weighted by Gasteiger charge is 2.28. The zero-order valence-electron chi connectivity index (χ0n) is 29.4. The number of para-hydroxylation sites is 2. The molecule has 52 heavy (non-hydrogen) atoms. The molecule has 2 heterocycles. The van der Waals surface area contributed by atoms with Crippen molar-refractivity contribution < 1.29 is 8.83 Å². The van der Waals surface area contributed by atoms with Crippen LogP contribution >= 0.6 is 0 Å². The Labute approximate surface area is 303 Å². The van der Waals surface area contributed by atoms with E-state index in [1.54, 1.807) is 0 Å². The lowest BCUT2D eigenvalue weighted by Gasteiger charge is -2.19. The molecule has 2 nitrogen and oxygen atoms in total. The average molecular weight is 685 g/mol. The highest BCUT2D eigenvalue weighted by Crippen LogP contribution is 2.47. The Morgan fingerprint density at radius 2 is 0.846 bits per heavy atom. The van der Waals surface area contributed by atoms with Crippen LogP contribution in [0, 0.1) is 0 Å². The largest absolute Gasteiger partial charge is 0.455 e. The molecule has 0 atom stereocenters.